The van der Waals surface area contributed by atoms with Gasteiger partial charge in [-0.3, -0.25) is 0 Å². The lowest BCUT2D eigenvalue weighted by molar-refractivity contribution is -0.161. The van der Waals surface area contributed by atoms with Crippen LogP contribution in [0.15, 0.2) is 0 Å². The summed E-state index contributed by atoms with van der Waals surface area (Å²) in [4.78, 5) is 12.2. The fourth-order valence-electron chi connectivity index (χ4n) is 6.35. The Morgan fingerprint density at radius 1 is 0.900 bits per heavy atom. The van der Waals surface area contributed by atoms with Crippen molar-refractivity contribution in [3.63, 3.8) is 0 Å². The Kier molecular flexibility index (Phi) is 8.48. The van der Waals surface area contributed by atoms with Gasteiger partial charge >= 0.3 is 5.97 Å². The molecule has 1 unspecified atom stereocenters. The summed E-state index contributed by atoms with van der Waals surface area (Å²) >= 11 is 0. The van der Waals surface area contributed by atoms with Crippen LogP contribution in [0.1, 0.15) is 90.4 Å². The minimum absolute atomic E-state index is 0.0946. The van der Waals surface area contributed by atoms with Crippen LogP contribution in [-0.2, 0) is 14.3 Å². The van der Waals surface area contributed by atoms with E-state index in [2.05, 4.69) is 17.6 Å². The molecule has 4 rings (SSSR count). The van der Waals surface area contributed by atoms with Crippen molar-refractivity contribution in [3.8, 4) is 0 Å². The lowest BCUT2D eigenvalue weighted by Crippen LogP contribution is -2.58. The van der Waals surface area contributed by atoms with Crippen LogP contribution >= 0.6 is 0 Å². The maximum atomic E-state index is 12.2. The first-order valence-corrected chi connectivity index (χ1v) is 13.0. The summed E-state index contributed by atoms with van der Waals surface area (Å²) in [5, 5.41) is 7.69. The molecule has 4 fully saturated rings. The molecule has 2 heterocycles. The van der Waals surface area contributed by atoms with Gasteiger partial charge in [-0.05, 0) is 75.0 Å². The molecular formula is C25H44N2O3. The Hall–Kier alpha value is -0.650. The van der Waals surface area contributed by atoms with Crippen molar-refractivity contribution < 1.29 is 14.3 Å². The average molecular weight is 421 g/mol. The molecule has 0 aromatic carbocycles. The zero-order chi connectivity index (χ0) is 20.8. The third-order valence-electron chi connectivity index (χ3n) is 8.39. The fourth-order valence-corrected chi connectivity index (χ4v) is 6.35. The number of hydrogen-bond donors (Lipinski definition) is 2. The van der Waals surface area contributed by atoms with Gasteiger partial charge < -0.3 is 20.1 Å². The zero-order valence-corrected chi connectivity index (χ0v) is 19.1. The van der Waals surface area contributed by atoms with Gasteiger partial charge in [0.15, 0.2) is 6.10 Å². The van der Waals surface area contributed by atoms with Crippen LogP contribution in [0.2, 0.25) is 0 Å². The normalized spacial score (nSPS) is 40.2. The number of hydrogen-bond acceptors (Lipinski definition) is 5. The van der Waals surface area contributed by atoms with Crippen LogP contribution in [0.4, 0.5) is 0 Å². The summed E-state index contributed by atoms with van der Waals surface area (Å²) in [5.41, 5.74) is 0. The largest absolute Gasteiger partial charge is 0.460 e. The molecule has 172 valence electrons. The van der Waals surface area contributed by atoms with Crippen LogP contribution in [0.3, 0.4) is 0 Å². The van der Waals surface area contributed by atoms with Gasteiger partial charge in [-0.25, -0.2) is 4.79 Å². The molecule has 0 radical (unpaired) electrons. The highest BCUT2D eigenvalue weighted by molar-refractivity contribution is 5.75. The predicted molar refractivity (Wildman–Crippen MR) is 119 cm³/mol. The Balaban J connectivity index is 1.12. The van der Waals surface area contributed by atoms with Crippen molar-refractivity contribution in [2.75, 3.05) is 19.7 Å². The monoisotopic (exact) mass is 420 g/mol. The SMILES string of the molecule is CCCCC1CCC(C2CNC(C3CCC(OC(=O)C4CCCO4)CC3)NC2)CC1. The van der Waals surface area contributed by atoms with E-state index in [-0.39, 0.29) is 18.2 Å². The van der Waals surface area contributed by atoms with Crippen molar-refractivity contribution in [2.24, 2.45) is 23.7 Å². The topological polar surface area (TPSA) is 59.6 Å². The standard InChI is InChI=1S/C25H44N2O3/c1-2-3-5-18-7-9-19(10-8-18)21-16-26-24(27-17-21)20-11-13-22(14-12-20)30-25(28)23-6-4-15-29-23/h18-24,26-27H,2-17H2,1H3. The van der Waals surface area contributed by atoms with E-state index in [0.29, 0.717) is 18.7 Å². The van der Waals surface area contributed by atoms with E-state index in [1.54, 1.807) is 0 Å². The molecule has 0 spiro atoms. The minimum atomic E-state index is -0.303. The molecule has 5 heteroatoms. The second kappa shape index (κ2) is 11.3. The van der Waals surface area contributed by atoms with Gasteiger partial charge in [-0.2, -0.15) is 0 Å². The molecule has 2 saturated heterocycles. The van der Waals surface area contributed by atoms with Crippen molar-refractivity contribution in [3.05, 3.63) is 0 Å². The molecule has 0 aromatic rings. The van der Waals surface area contributed by atoms with Gasteiger partial charge in [0.05, 0.1) is 6.17 Å². The lowest BCUT2D eigenvalue weighted by atomic mass is 9.73. The maximum Gasteiger partial charge on any atom is 0.335 e. The van der Waals surface area contributed by atoms with Crippen molar-refractivity contribution in [1.82, 2.24) is 10.6 Å². The average Bonchev–Trinajstić information content (AvgIpc) is 3.34. The van der Waals surface area contributed by atoms with Crippen LogP contribution < -0.4 is 10.6 Å². The highest BCUT2D eigenvalue weighted by atomic mass is 16.6. The van der Waals surface area contributed by atoms with E-state index in [0.717, 1.165) is 56.3 Å². The number of carbonyl (C=O) groups is 1. The van der Waals surface area contributed by atoms with Crippen LogP contribution in [-0.4, -0.2) is 44.0 Å². The summed E-state index contributed by atoms with van der Waals surface area (Å²) in [6.45, 7) is 5.37. The molecular weight excluding hydrogens is 376 g/mol. The van der Waals surface area contributed by atoms with Crippen LogP contribution in [0, 0.1) is 23.7 Å². The molecule has 5 nitrogen and oxygen atoms in total. The van der Waals surface area contributed by atoms with Gasteiger partial charge in [0.25, 0.3) is 0 Å². The number of ether oxygens (including phenoxy) is 2. The Labute approximate surface area is 183 Å². The van der Waals surface area contributed by atoms with E-state index >= 15 is 0 Å². The van der Waals surface area contributed by atoms with Gasteiger partial charge in [0.2, 0.25) is 0 Å². The Morgan fingerprint density at radius 3 is 2.23 bits per heavy atom. The summed E-state index contributed by atoms with van der Waals surface area (Å²) < 4.78 is 11.2. The molecule has 4 aliphatic rings. The lowest BCUT2D eigenvalue weighted by Gasteiger charge is -2.42. The number of nitrogens with one attached hydrogen (secondary N) is 2. The molecule has 0 bridgehead atoms. The summed E-state index contributed by atoms with van der Waals surface area (Å²) in [5.74, 6) is 3.25. The zero-order valence-electron chi connectivity index (χ0n) is 19.1. The van der Waals surface area contributed by atoms with Crippen molar-refractivity contribution in [2.45, 2.75) is 109 Å². The fraction of sp³-hybridized carbons (Fsp3) is 0.960. The van der Waals surface area contributed by atoms with Crippen molar-refractivity contribution in [1.29, 1.82) is 0 Å². The molecule has 1 atom stereocenters. The molecule has 0 amide bonds. The van der Waals surface area contributed by atoms with Crippen LogP contribution in [0.25, 0.3) is 0 Å². The molecule has 30 heavy (non-hydrogen) atoms. The second-order valence-corrected chi connectivity index (χ2v) is 10.5. The first-order chi connectivity index (χ1) is 14.7. The third kappa shape index (κ3) is 5.98. The Bertz CT molecular complexity index is 512. The summed E-state index contributed by atoms with van der Waals surface area (Å²) in [7, 11) is 0. The molecule has 2 aliphatic carbocycles. The molecule has 0 aromatic heterocycles. The predicted octanol–water partition coefficient (Wildman–Crippen LogP) is 4.40. The second-order valence-electron chi connectivity index (χ2n) is 10.5. The molecule has 2 N–H and O–H groups in total. The highest BCUT2D eigenvalue weighted by Gasteiger charge is 2.35. The van der Waals surface area contributed by atoms with Crippen molar-refractivity contribution >= 4 is 5.97 Å². The van der Waals surface area contributed by atoms with Gasteiger partial charge in [-0.1, -0.05) is 39.0 Å². The van der Waals surface area contributed by atoms with E-state index in [1.807, 2.05) is 0 Å². The van der Waals surface area contributed by atoms with Gasteiger partial charge in [0, 0.05) is 19.7 Å². The first kappa shape index (κ1) is 22.5. The smallest absolute Gasteiger partial charge is 0.335 e. The van der Waals surface area contributed by atoms with E-state index < -0.39 is 0 Å². The van der Waals surface area contributed by atoms with E-state index in [1.165, 1.54) is 58.0 Å². The Morgan fingerprint density at radius 2 is 1.60 bits per heavy atom. The van der Waals surface area contributed by atoms with E-state index in [9.17, 15) is 4.79 Å². The third-order valence-corrected chi connectivity index (χ3v) is 8.39. The number of unbranched alkanes of at least 4 members (excludes halogenated alkanes) is 1. The van der Waals surface area contributed by atoms with E-state index in [4.69, 9.17) is 9.47 Å². The molecule has 2 aliphatic heterocycles. The van der Waals surface area contributed by atoms with Crippen LogP contribution in [0.5, 0.6) is 0 Å². The highest BCUT2D eigenvalue weighted by Crippen LogP contribution is 2.37. The minimum Gasteiger partial charge on any atom is -0.460 e. The first-order valence-electron chi connectivity index (χ1n) is 13.0. The number of rotatable bonds is 7. The molecule has 2 saturated carbocycles. The van der Waals surface area contributed by atoms with Gasteiger partial charge in [0.1, 0.15) is 6.10 Å². The quantitative estimate of drug-likeness (QED) is 0.598. The number of carbonyl (C=O) groups excluding carboxylic acids is 1. The number of esters is 1. The maximum absolute atomic E-state index is 12.2. The summed E-state index contributed by atoms with van der Waals surface area (Å²) in [6.07, 6.45) is 16.3. The van der Waals surface area contributed by atoms with Gasteiger partial charge in [-0.15, -0.1) is 0 Å². The summed E-state index contributed by atoms with van der Waals surface area (Å²) in [6, 6.07) is 0.